The Morgan fingerprint density at radius 1 is 0.217 bits per heavy atom. The van der Waals surface area contributed by atoms with Crippen LogP contribution in [0.25, 0.3) is 111 Å². The van der Waals surface area contributed by atoms with Crippen molar-refractivity contribution in [2.75, 3.05) is 0 Å². The van der Waals surface area contributed by atoms with Crippen LogP contribution in [0.3, 0.4) is 0 Å². The third-order valence-electron chi connectivity index (χ3n) is 11.3. The van der Waals surface area contributed by atoms with Crippen LogP contribution in [0.15, 0.2) is 218 Å². The van der Waals surface area contributed by atoms with Crippen LogP contribution in [0.1, 0.15) is 0 Å². The second kappa shape index (κ2) is 15.0. The van der Waals surface area contributed by atoms with Gasteiger partial charge in [0, 0.05) is 33.0 Å². The Labute approximate surface area is 348 Å². The van der Waals surface area contributed by atoms with Crippen LogP contribution in [0.5, 0.6) is 0 Å². The molecule has 0 saturated heterocycles. The van der Waals surface area contributed by atoms with Crippen molar-refractivity contribution in [2.45, 2.75) is 0 Å². The Morgan fingerprint density at radius 2 is 0.617 bits per heavy atom. The zero-order chi connectivity index (χ0) is 39.8. The van der Waals surface area contributed by atoms with E-state index in [0.717, 1.165) is 66.7 Å². The summed E-state index contributed by atoms with van der Waals surface area (Å²) in [6.45, 7) is 0. The van der Waals surface area contributed by atoms with Crippen molar-refractivity contribution in [3.05, 3.63) is 218 Å². The lowest BCUT2D eigenvalue weighted by molar-refractivity contribution is 1.07. The van der Waals surface area contributed by atoms with Gasteiger partial charge in [0.25, 0.3) is 0 Å². The highest BCUT2D eigenvalue weighted by Gasteiger charge is 2.15. The van der Waals surface area contributed by atoms with E-state index in [9.17, 15) is 0 Å². The van der Waals surface area contributed by atoms with E-state index in [0.29, 0.717) is 17.5 Å². The van der Waals surface area contributed by atoms with Crippen molar-refractivity contribution in [1.29, 1.82) is 0 Å². The molecule has 0 aliphatic heterocycles. The average Bonchev–Trinajstić information content (AvgIpc) is 3.34. The van der Waals surface area contributed by atoms with Crippen LogP contribution in [-0.4, -0.2) is 19.9 Å². The van der Waals surface area contributed by atoms with Gasteiger partial charge in [-0.2, -0.15) is 0 Å². The molecule has 4 nitrogen and oxygen atoms in total. The van der Waals surface area contributed by atoms with Gasteiger partial charge in [0.05, 0.1) is 11.2 Å². The van der Waals surface area contributed by atoms with Crippen LogP contribution in [0.2, 0.25) is 0 Å². The maximum atomic E-state index is 5.22. The van der Waals surface area contributed by atoms with Crippen LogP contribution in [0.4, 0.5) is 0 Å². The smallest absolute Gasteiger partial charge is 0.164 e. The molecule has 2 aromatic heterocycles. The second-order valence-electron chi connectivity index (χ2n) is 15.1. The summed E-state index contributed by atoms with van der Waals surface area (Å²) >= 11 is 0. The Hall–Kier alpha value is -8.08. The van der Waals surface area contributed by atoms with Crippen molar-refractivity contribution in [1.82, 2.24) is 19.9 Å². The number of hydrogen-bond donors (Lipinski definition) is 0. The van der Waals surface area contributed by atoms with Gasteiger partial charge in [-0.15, -0.1) is 0 Å². The molecule has 0 aliphatic rings. The molecule has 0 spiro atoms. The summed E-state index contributed by atoms with van der Waals surface area (Å²) in [4.78, 5) is 20.3. The standard InChI is InChI=1S/C56H36N4/c1-3-13-37(14-4-1)38-27-31-42(32-28-38)55-58-54(41-15-5-2-6-16-41)59-56(60-55)48-22-12-21-45(34-48)44-20-11-19-43(33-44)39-25-29-40(30-26-39)53-51-36-47-18-8-7-17-46(47)35-50(51)49-23-9-10-24-52(49)57-53/h1-36H. The lowest BCUT2D eigenvalue weighted by Crippen LogP contribution is -2.00. The number of para-hydroxylation sites is 1. The van der Waals surface area contributed by atoms with Crippen molar-refractivity contribution >= 4 is 32.4 Å². The minimum absolute atomic E-state index is 0.627. The molecule has 0 bridgehead atoms. The van der Waals surface area contributed by atoms with Gasteiger partial charge in [-0.05, 0) is 79.9 Å². The minimum Gasteiger partial charge on any atom is -0.247 e. The summed E-state index contributed by atoms with van der Waals surface area (Å²) < 4.78 is 0. The summed E-state index contributed by atoms with van der Waals surface area (Å²) in [5, 5.41) is 5.98. The molecule has 0 fully saturated rings. The molecule has 11 aromatic rings. The molecule has 280 valence electrons. The van der Waals surface area contributed by atoms with E-state index in [2.05, 4.69) is 182 Å². The van der Waals surface area contributed by atoms with Crippen LogP contribution >= 0.6 is 0 Å². The van der Waals surface area contributed by atoms with Gasteiger partial charge in [-0.1, -0.05) is 188 Å². The number of hydrogen-bond acceptors (Lipinski definition) is 4. The number of nitrogens with zero attached hydrogens (tertiary/aromatic N) is 4. The topological polar surface area (TPSA) is 51.6 Å². The Bertz CT molecular complexity index is 3340. The van der Waals surface area contributed by atoms with E-state index < -0.39 is 0 Å². The first-order valence-electron chi connectivity index (χ1n) is 20.2. The Kier molecular flexibility index (Phi) is 8.79. The molecule has 60 heavy (non-hydrogen) atoms. The minimum atomic E-state index is 0.627. The lowest BCUT2D eigenvalue weighted by atomic mass is 9.95. The van der Waals surface area contributed by atoms with Crippen molar-refractivity contribution in [3.63, 3.8) is 0 Å². The quantitative estimate of drug-likeness (QED) is 0.120. The molecular formula is C56H36N4. The summed E-state index contributed by atoms with van der Waals surface area (Å²) in [6.07, 6.45) is 0. The number of aromatic nitrogens is 4. The number of fused-ring (bicyclic) bond motifs is 4. The predicted molar refractivity (Wildman–Crippen MR) is 248 cm³/mol. The Morgan fingerprint density at radius 3 is 1.27 bits per heavy atom. The number of rotatable bonds is 7. The zero-order valence-corrected chi connectivity index (χ0v) is 32.6. The molecule has 4 heteroatoms. The van der Waals surface area contributed by atoms with Crippen molar-refractivity contribution in [3.8, 4) is 78.8 Å². The molecule has 0 amide bonds. The largest absolute Gasteiger partial charge is 0.247 e. The van der Waals surface area contributed by atoms with Crippen LogP contribution < -0.4 is 0 Å². The summed E-state index contributed by atoms with van der Waals surface area (Å²) in [5.74, 6) is 1.90. The highest BCUT2D eigenvalue weighted by Crippen LogP contribution is 2.37. The number of pyridine rings is 1. The molecule has 11 rings (SSSR count). The molecule has 0 aliphatic carbocycles. The van der Waals surface area contributed by atoms with Crippen molar-refractivity contribution < 1.29 is 0 Å². The van der Waals surface area contributed by atoms with Crippen LogP contribution in [0, 0.1) is 0 Å². The van der Waals surface area contributed by atoms with Gasteiger partial charge in [-0.25, -0.2) is 19.9 Å². The van der Waals surface area contributed by atoms with Gasteiger partial charge in [0.1, 0.15) is 0 Å². The molecule has 0 atom stereocenters. The fourth-order valence-corrected chi connectivity index (χ4v) is 8.19. The van der Waals surface area contributed by atoms with E-state index >= 15 is 0 Å². The summed E-state index contributed by atoms with van der Waals surface area (Å²) in [7, 11) is 0. The molecule has 9 aromatic carbocycles. The van der Waals surface area contributed by atoms with Gasteiger partial charge in [0.2, 0.25) is 0 Å². The van der Waals surface area contributed by atoms with E-state index in [1.807, 2.05) is 36.4 Å². The van der Waals surface area contributed by atoms with E-state index in [-0.39, 0.29) is 0 Å². The highest BCUT2D eigenvalue weighted by atomic mass is 15.0. The monoisotopic (exact) mass is 764 g/mol. The fourth-order valence-electron chi connectivity index (χ4n) is 8.19. The molecule has 2 heterocycles. The molecular weight excluding hydrogens is 729 g/mol. The van der Waals surface area contributed by atoms with Gasteiger partial charge in [-0.3, -0.25) is 0 Å². The lowest BCUT2D eigenvalue weighted by Gasteiger charge is -2.13. The van der Waals surface area contributed by atoms with Gasteiger partial charge in [0.15, 0.2) is 17.5 Å². The van der Waals surface area contributed by atoms with E-state index in [1.165, 1.54) is 27.1 Å². The van der Waals surface area contributed by atoms with E-state index in [4.69, 9.17) is 19.9 Å². The highest BCUT2D eigenvalue weighted by molar-refractivity contribution is 6.15. The summed E-state index contributed by atoms with van der Waals surface area (Å²) in [5.41, 5.74) is 12.7. The summed E-state index contributed by atoms with van der Waals surface area (Å²) in [6, 6.07) is 76.5. The molecule has 0 N–H and O–H groups in total. The number of benzene rings is 9. The first-order valence-corrected chi connectivity index (χ1v) is 20.2. The fraction of sp³-hybridized carbons (Fsp3) is 0. The maximum Gasteiger partial charge on any atom is 0.164 e. The predicted octanol–water partition coefficient (Wildman–Crippen LogP) is 14.4. The third kappa shape index (κ3) is 6.66. The molecule has 0 unspecified atom stereocenters. The third-order valence-corrected chi connectivity index (χ3v) is 11.3. The zero-order valence-electron chi connectivity index (χ0n) is 32.6. The van der Waals surface area contributed by atoms with Crippen LogP contribution in [-0.2, 0) is 0 Å². The Balaban J connectivity index is 0.933. The SMILES string of the molecule is c1ccc(-c2ccc(-c3nc(-c4ccccc4)nc(-c4cccc(-c5cccc(-c6ccc(-c7nc8ccccc8c8cc9ccccc9cc78)cc6)c5)c4)n3)cc2)cc1. The van der Waals surface area contributed by atoms with Crippen molar-refractivity contribution in [2.24, 2.45) is 0 Å². The first-order chi connectivity index (χ1) is 29.7. The van der Waals surface area contributed by atoms with E-state index in [1.54, 1.807) is 0 Å². The van der Waals surface area contributed by atoms with Gasteiger partial charge >= 0.3 is 0 Å². The molecule has 0 radical (unpaired) electrons. The molecule has 0 saturated carbocycles. The first kappa shape index (κ1) is 35.1. The second-order valence-corrected chi connectivity index (χ2v) is 15.1. The average molecular weight is 765 g/mol. The normalized spacial score (nSPS) is 11.3. The van der Waals surface area contributed by atoms with Gasteiger partial charge < -0.3 is 0 Å². The maximum absolute atomic E-state index is 5.22.